The zero-order valence-corrected chi connectivity index (χ0v) is 20.4. The second-order valence-electron chi connectivity index (χ2n) is 11.6. The number of aliphatic carboxylic acids is 1. The summed E-state index contributed by atoms with van der Waals surface area (Å²) in [6.07, 6.45) is 8.85. The molecule has 6 nitrogen and oxygen atoms in total. The summed E-state index contributed by atoms with van der Waals surface area (Å²) >= 11 is 0. The van der Waals surface area contributed by atoms with Crippen molar-refractivity contribution in [1.29, 1.82) is 0 Å². The van der Waals surface area contributed by atoms with E-state index in [4.69, 9.17) is 4.74 Å². The number of ketones is 1. The van der Waals surface area contributed by atoms with Crippen LogP contribution >= 0.6 is 0 Å². The Kier molecular flexibility index (Phi) is 6.54. The van der Waals surface area contributed by atoms with Crippen molar-refractivity contribution in [2.45, 2.75) is 97.0 Å². The molecule has 6 heteroatoms. The largest absolute Gasteiger partial charge is 0.481 e. The summed E-state index contributed by atoms with van der Waals surface area (Å²) in [5.41, 5.74) is -0.410. The monoisotopic (exact) mass is 460 g/mol. The molecular weight excluding hydrogens is 420 g/mol. The van der Waals surface area contributed by atoms with Gasteiger partial charge in [0.05, 0.1) is 18.1 Å². The fourth-order valence-corrected chi connectivity index (χ4v) is 8.06. The van der Waals surface area contributed by atoms with Crippen LogP contribution in [0.5, 0.6) is 0 Å². The van der Waals surface area contributed by atoms with Gasteiger partial charge in [-0.05, 0) is 86.0 Å². The third-order valence-electron chi connectivity index (χ3n) is 10.1. The first kappa shape index (κ1) is 24.4. The van der Waals surface area contributed by atoms with Gasteiger partial charge in [0.25, 0.3) is 0 Å². The topological polar surface area (TPSA) is 101 Å². The van der Waals surface area contributed by atoms with Gasteiger partial charge >= 0.3 is 11.9 Å². The number of esters is 1. The average Bonchev–Trinajstić information content (AvgIpc) is 3.03. The van der Waals surface area contributed by atoms with Crippen LogP contribution in [0.3, 0.4) is 0 Å². The molecule has 184 valence electrons. The number of aliphatic hydroxyl groups is 1. The van der Waals surface area contributed by atoms with Crippen LogP contribution in [-0.4, -0.2) is 40.1 Å². The molecule has 0 spiro atoms. The molecule has 3 saturated carbocycles. The molecule has 0 radical (unpaired) electrons. The van der Waals surface area contributed by atoms with Gasteiger partial charge in [0, 0.05) is 12.8 Å². The van der Waals surface area contributed by atoms with Crippen molar-refractivity contribution in [2.24, 2.45) is 34.5 Å². The maximum absolute atomic E-state index is 13.4. The number of unbranched alkanes of at least 4 members (excludes halogenated alkanes) is 1. The van der Waals surface area contributed by atoms with E-state index in [1.165, 1.54) is 0 Å². The van der Waals surface area contributed by atoms with Crippen molar-refractivity contribution < 1.29 is 29.3 Å². The van der Waals surface area contributed by atoms with Gasteiger partial charge in [0.1, 0.15) is 0 Å². The molecule has 0 aromatic rings. The number of carbonyl (C=O) groups excluding carboxylic acids is 2. The van der Waals surface area contributed by atoms with Gasteiger partial charge in [-0.1, -0.05) is 32.8 Å². The van der Waals surface area contributed by atoms with Gasteiger partial charge in [-0.2, -0.15) is 0 Å². The molecule has 4 rings (SSSR count). The van der Waals surface area contributed by atoms with E-state index in [0.29, 0.717) is 25.9 Å². The van der Waals surface area contributed by atoms with Crippen molar-refractivity contribution in [2.75, 3.05) is 6.61 Å². The second kappa shape index (κ2) is 8.83. The summed E-state index contributed by atoms with van der Waals surface area (Å²) in [4.78, 5) is 36.9. The minimum absolute atomic E-state index is 0.0396. The highest BCUT2D eigenvalue weighted by molar-refractivity contribution is 5.92. The lowest BCUT2D eigenvalue weighted by Crippen LogP contribution is -2.58. The number of fused-ring (bicyclic) bond motifs is 5. The number of hydrogen-bond donors (Lipinski definition) is 2. The van der Waals surface area contributed by atoms with Crippen LogP contribution in [0.15, 0.2) is 11.6 Å². The number of ether oxygens (including phenoxy) is 1. The minimum atomic E-state index is -1.02. The first-order chi connectivity index (χ1) is 15.6. The summed E-state index contributed by atoms with van der Waals surface area (Å²) in [6.45, 7) is 6.89. The molecule has 0 saturated heterocycles. The summed E-state index contributed by atoms with van der Waals surface area (Å²) in [5.74, 6) is -0.679. The van der Waals surface area contributed by atoms with Crippen molar-refractivity contribution >= 4 is 17.7 Å². The third-order valence-corrected chi connectivity index (χ3v) is 10.1. The Morgan fingerprint density at radius 3 is 2.58 bits per heavy atom. The van der Waals surface area contributed by atoms with Gasteiger partial charge < -0.3 is 14.9 Å². The summed E-state index contributed by atoms with van der Waals surface area (Å²) in [5, 5.41) is 20.9. The van der Waals surface area contributed by atoms with Crippen LogP contribution < -0.4 is 0 Å². The van der Waals surface area contributed by atoms with Crippen LogP contribution in [-0.2, 0) is 19.1 Å². The number of carbonyl (C=O) groups is 3. The van der Waals surface area contributed by atoms with Gasteiger partial charge in [0.15, 0.2) is 5.78 Å². The van der Waals surface area contributed by atoms with E-state index in [-0.39, 0.29) is 53.7 Å². The van der Waals surface area contributed by atoms with Gasteiger partial charge in [-0.15, -0.1) is 0 Å². The smallest absolute Gasteiger partial charge is 0.309 e. The number of allylic oxidation sites excluding steroid dienone is 1. The molecule has 3 fully saturated rings. The molecule has 0 bridgehead atoms. The molecule has 0 amide bonds. The fraction of sp³-hybridized carbons (Fsp3) is 0.815. The number of rotatable bonds is 7. The highest BCUT2D eigenvalue weighted by Gasteiger charge is 2.66. The minimum Gasteiger partial charge on any atom is -0.481 e. The summed E-state index contributed by atoms with van der Waals surface area (Å²) in [6, 6.07) is 0. The third kappa shape index (κ3) is 3.96. The summed E-state index contributed by atoms with van der Waals surface area (Å²) in [7, 11) is 0. The normalized spacial score (nSPS) is 42.1. The van der Waals surface area contributed by atoms with E-state index in [1.807, 2.05) is 0 Å². The molecule has 0 heterocycles. The molecule has 4 aliphatic rings. The van der Waals surface area contributed by atoms with Gasteiger partial charge in [-0.25, -0.2) is 0 Å². The molecule has 0 aliphatic heterocycles. The molecule has 2 N–H and O–H groups in total. The summed E-state index contributed by atoms with van der Waals surface area (Å²) < 4.78 is 5.73. The first-order valence-electron chi connectivity index (χ1n) is 12.9. The Balaban J connectivity index is 1.69. The highest BCUT2D eigenvalue weighted by Crippen LogP contribution is 2.69. The molecule has 0 unspecified atom stereocenters. The predicted molar refractivity (Wildman–Crippen MR) is 123 cm³/mol. The SMILES string of the molecule is CCCCOC(=O)[C@@H]1CC2=CC(=O)CC[C@]2(C)[C@H]2CC[C@@]3(C)[C@@H](CC[C@@]3(O)CCC(=O)O)[C@H]12. The first-order valence-corrected chi connectivity index (χ1v) is 12.9. The Labute approximate surface area is 197 Å². The molecule has 4 aliphatic carbocycles. The van der Waals surface area contributed by atoms with E-state index in [2.05, 4.69) is 20.8 Å². The molecular formula is C27H40O6. The van der Waals surface area contributed by atoms with E-state index in [9.17, 15) is 24.6 Å². The average molecular weight is 461 g/mol. The molecule has 0 aromatic carbocycles. The zero-order valence-electron chi connectivity index (χ0n) is 20.4. The lowest BCUT2D eigenvalue weighted by molar-refractivity contribution is -0.171. The van der Waals surface area contributed by atoms with Crippen molar-refractivity contribution in [3.8, 4) is 0 Å². The Hall–Kier alpha value is -1.69. The van der Waals surface area contributed by atoms with Crippen LogP contribution in [0.25, 0.3) is 0 Å². The van der Waals surface area contributed by atoms with Gasteiger partial charge in [0.2, 0.25) is 0 Å². The Morgan fingerprint density at radius 1 is 1.15 bits per heavy atom. The lowest BCUT2D eigenvalue weighted by atomic mass is 9.44. The van der Waals surface area contributed by atoms with Crippen molar-refractivity contribution in [3.05, 3.63) is 11.6 Å². The van der Waals surface area contributed by atoms with Crippen LogP contribution in [0.2, 0.25) is 0 Å². The van der Waals surface area contributed by atoms with Crippen molar-refractivity contribution in [3.63, 3.8) is 0 Å². The van der Waals surface area contributed by atoms with E-state index in [1.54, 1.807) is 6.08 Å². The van der Waals surface area contributed by atoms with E-state index in [0.717, 1.165) is 44.1 Å². The van der Waals surface area contributed by atoms with Crippen molar-refractivity contribution in [1.82, 2.24) is 0 Å². The standard InChI is InChI=1S/C27H40O6/c1-4-5-14-33-24(31)19-16-17-15-18(28)6-10-25(17,2)20-7-11-26(3)21(23(19)20)8-12-27(26,32)13-9-22(29)30/h15,19-21,23,32H,4-14,16H2,1-3H3,(H,29,30)/t19-,20+,21+,23-,25+,26+,27-/m1/s1. The number of carboxylic acids is 1. The Morgan fingerprint density at radius 2 is 1.88 bits per heavy atom. The number of hydrogen-bond acceptors (Lipinski definition) is 5. The molecule has 7 atom stereocenters. The quantitative estimate of drug-likeness (QED) is 0.422. The maximum Gasteiger partial charge on any atom is 0.309 e. The Bertz CT molecular complexity index is 848. The van der Waals surface area contributed by atoms with E-state index < -0.39 is 17.0 Å². The number of carboxylic acid groups (broad SMARTS) is 1. The molecule has 0 aromatic heterocycles. The highest BCUT2D eigenvalue weighted by atomic mass is 16.5. The fourth-order valence-electron chi connectivity index (χ4n) is 8.06. The molecule has 33 heavy (non-hydrogen) atoms. The predicted octanol–water partition coefficient (Wildman–Crippen LogP) is 4.68. The van der Waals surface area contributed by atoms with E-state index >= 15 is 0 Å². The second-order valence-corrected chi connectivity index (χ2v) is 11.6. The maximum atomic E-state index is 13.4. The lowest BCUT2D eigenvalue weighted by Gasteiger charge is -2.60. The van der Waals surface area contributed by atoms with Crippen LogP contribution in [0, 0.1) is 34.5 Å². The van der Waals surface area contributed by atoms with Crippen LogP contribution in [0.4, 0.5) is 0 Å². The van der Waals surface area contributed by atoms with Gasteiger partial charge in [-0.3, -0.25) is 14.4 Å². The van der Waals surface area contributed by atoms with Crippen LogP contribution in [0.1, 0.15) is 91.4 Å². The zero-order chi connectivity index (χ0) is 24.0.